The first-order valence-electron chi connectivity index (χ1n) is 6.89. The molecule has 98 valence electrons. The van der Waals surface area contributed by atoms with Crippen molar-refractivity contribution < 1.29 is 0 Å². The summed E-state index contributed by atoms with van der Waals surface area (Å²) in [6, 6.07) is 7.46. The fourth-order valence-corrected chi connectivity index (χ4v) is 4.67. The maximum Gasteiger partial charge on any atom is 0.0178 e. The second-order valence-electron chi connectivity index (χ2n) is 5.49. The van der Waals surface area contributed by atoms with Gasteiger partial charge in [-0.15, -0.1) is 0 Å². The quantitative estimate of drug-likeness (QED) is 0.910. The first-order chi connectivity index (χ1) is 8.81. The molecule has 18 heavy (non-hydrogen) atoms. The summed E-state index contributed by atoms with van der Waals surface area (Å²) in [6.45, 7) is 1.23. The number of fused-ring (bicyclic) bond motifs is 1. The molecule has 1 N–H and O–H groups in total. The van der Waals surface area contributed by atoms with Crippen LogP contribution in [0.4, 0.5) is 0 Å². The molecule has 1 aliphatic carbocycles. The van der Waals surface area contributed by atoms with E-state index < -0.39 is 0 Å². The van der Waals surface area contributed by atoms with E-state index >= 15 is 0 Å². The van der Waals surface area contributed by atoms with Crippen LogP contribution in [-0.4, -0.2) is 24.1 Å². The monoisotopic (exact) mass is 325 g/mol. The smallest absolute Gasteiger partial charge is 0.0178 e. The average Bonchev–Trinajstić information content (AvgIpc) is 2.89. The summed E-state index contributed by atoms with van der Waals surface area (Å²) in [5, 5.41) is 3.79. The molecular weight excluding hydrogens is 306 g/mol. The molecule has 0 spiro atoms. The molecule has 2 unspecified atom stereocenters. The molecule has 1 fully saturated rings. The lowest BCUT2D eigenvalue weighted by Crippen LogP contribution is -2.37. The van der Waals surface area contributed by atoms with Crippen LogP contribution in [0.15, 0.2) is 22.7 Å². The molecule has 1 aromatic carbocycles. The molecule has 1 saturated heterocycles. The van der Waals surface area contributed by atoms with Crippen molar-refractivity contribution in [3.8, 4) is 0 Å². The standard InChI is InChI=1S/C15H20BrNS/c16-14-3-1-13-8-15(4-2-12(13)7-14)17-9-11-5-6-18-10-11/h1,3,7,11,15,17H,2,4-6,8-10H2. The third-order valence-corrected chi connectivity index (χ3v) is 5.84. The maximum absolute atomic E-state index is 3.79. The van der Waals surface area contributed by atoms with Crippen LogP contribution in [0.5, 0.6) is 0 Å². The molecule has 1 heterocycles. The molecule has 2 atom stereocenters. The van der Waals surface area contributed by atoms with Crippen LogP contribution < -0.4 is 5.32 Å². The maximum atomic E-state index is 3.79. The van der Waals surface area contributed by atoms with Crippen LogP contribution in [0.2, 0.25) is 0 Å². The van der Waals surface area contributed by atoms with E-state index in [1.807, 2.05) is 0 Å². The van der Waals surface area contributed by atoms with Crippen LogP contribution in [0.1, 0.15) is 24.0 Å². The van der Waals surface area contributed by atoms with Crippen LogP contribution in [0.25, 0.3) is 0 Å². The summed E-state index contributed by atoms with van der Waals surface area (Å²) in [4.78, 5) is 0. The first-order valence-corrected chi connectivity index (χ1v) is 8.84. The minimum Gasteiger partial charge on any atom is -0.313 e. The number of benzene rings is 1. The normalized spacial score (nSPS) is 27.2. The van der Waals surface area contributed by atoms with Gasteiger partial charge in [0.25, 0.3) is 0 Å². The van der Waals surface area contributed by atoms with Gasteiger partial charge in [0.15, 0.2) is 0 Å². The zero-order valence-electron chi connectivity index (χ0n) is 10.6. The zero-order chi connectivity index (χ0) is 12.4. The van der Waals surface area contributed by atoms with E-state index in [-0.39, 0.29) is 0 Å². The Bertz CT molecular complexity index is 415. The molecule has 1 aliphatic heterocycles. The van der Waals surface area contributed by atoms with Gasteiger partial charge in [-0.3, -0.25) is 0 Å². The summed E-state index contributed by atoms with van der Waals surface area (Å²) in [5.74, 6) is 3.65. The van der Waals surface area contributed by atoms with E-state index in [0.717, 1.165) is 5.92 Å². The molecule has 3 heteroatoms. The van der Waals surface area contributed by atoms with Gasteiger partial charge in [0.1, 0.15) is 0 Å². The molecule has 0 aromatic heterocycles. The van der Waals surface area contributed by atoms with Crippen molar-refractivity contribution in [2.24, 2.45) is 5.92 Å². The minimum absolute atomic E-state index is 0.698. The molecule has 2 aliphatic rings. The predicted octanol–water partition coefficient (Wildman–Crippen LogP) is 3.65. The van der Waals surface area contributed by atoms with Crippen molar-refractivity contribution in [2.45, 2.75) is 31.7 Å². The second kappa shape index (κ2) is 5.98. The Morgan fingerprint density at radius 2 is 2.22 bits per heavy atom. The highest BCUT2D eigenvalue weighted by molar-refractivity contribution is 9.10. The fourth-order valence-electron chi connectivity index (χ4n) is 2.98. The topological polar surface area (TPSA) is 12.0 Å². The van der Waals surface area contributed by atoms with Crippen molar-refractivity contribution in [1.82, 2.24) is 5.32 Å². The van der Waals surface area contributed by atoms with Crippen molar-refractivity contribution in [3.63, 3.8) is 0 Å². The van der Waals surface area contributed by atoms with E-state index in [9.17, 15) is 0 Å². The Morgan fingerprint density at radius 3 is 3.06 bits per heavy atom. The number of hydrogen-bond acceptors (Lipinski definition) is 2. The molecule has 0 radical (unpaired) electrons. The molecule has 3 rings (SSSR count). The van der Waals surface area contributed by atoms with Gasteiger partial charge in [0, 0.05) is 10.5 Å². The number of halogens is 1. The summed E-state index contributed by atoms with van der Waals surface area (Å²) >= 11 is 5.68. The zero-order valence-corrected chi connectivity index (χ0v) is 13.0. The Hall–Kier alpha value is 0.01000. The molecule has 1 aromatic rings. The number of aryl methyl sites for hydroxylation is 1. The van der Waals surface area contributed by atoms with Gasteiger partial charge < -0.3 is 5.32 Å². The van der Waals surface area contributed by atoms with Crippen molar-refractivity contribution in [1.29, 1.82) is 0 Å². The molecule has 0 bridgehead atoms. The number of hydrogen-bond donors (Lipinski definition) is 1. The van der Waals surface area contributed by atoms with Crippen molar-refractivity contribution in [3.05, 3.63) is 33.8 Å². The van der Waals surface area contributed by atoms with Crippen LogP contribution >= 0.6 is 27.7 Å². The van der Waals surface area contributed by atoms with Gasteiger partial charge in [0.2, 0.25) is 0 Å². The Labute approximate surface area is 122 Å². The van der Waals surface area contributed by atoms with Gasteiger partial charge in [0.05, 0.1) is 0 Å². The van der Waals surface area contributed by atoms with E-state index in [0.29, 0.717) is 6.04 Å². The Morgan fingerprint density at radius 1 is 1.28 bits per heavy atom. The fraction of sp³-hybridized carbons (Fsp3) is 0.600. The predicted molar refractivity (Wildman–Crippen MR) is 83.4 cm³/mol. The van der Waals surface area contributed by atoms with E-state index in [1.54, 1.807) is 11.1 Å². The van der Waals surface area contributed by atoms with Gasteiger partial charge in [-0.2, -0.15) is 11.8 Å². The van der Waals surface area contributed by atoms with Gasteiger partial charge in [-0.25, -0.2) is 0 Å². The van der Waals surface area contributed by atoms with Gasteiger partial charge in [-0.05, 0) is 72.9 Å². The van der Waals surface area contributed by atoms with Crippen LogP contribution in [-0.2, 0) is 12.8 Å². The van der Waals surface area contributed by atoms with E-state index in [4.69, 9.17) is 0 Å². The van der Waals surface area contributed by atoms with Crippen molar-refractivity contribution in [2.75, 3.05) is 18.1 Å². The largest absolute Gasteiger partial charge is 0.313 e. The number of thioether (sulfide) groups is 1. The number of nitrogens with one attached hydrogen (secondary N) is 1. The van der Waals surface area contributed by atoms with Crippen molar-refractivity contribution >= 4 is 27.7 Å². The van der Waals surface area contributed by atoms with E-state index in [1.165, 1.54) is 48.2 Å². The highest BCUT2D eigenvalue weighted by atomic mass is 79.9. The number of rotatable bonds is 3. The first kappa shape index (κ1) is 13.0. The molecule has 1 nitrogen and oxygen atoms in total. The Balaban J connectivity index is 1.55. The Kier molecular flexibility index (Phi) is 4.32. The highest BCUT2D eigenvalue weighted by Crippen LogP contribution is 2.26. The van der Waals surface area contributed by atoms with Gasteiger partial charge >= 0.3 is 0 Å². The summed E-state index contributed by atoms with van der Waals surface area (Å²) < 4.78 is 1.22. The molecule has 0 saturated carbocycles. The van der Waals surface area contributed by atoms with E-state index in [2.05, 4.69) is 51.2 Å². The molecular formula is C15H20BrNS. The van der Waals surface area contributed by atoms with Crippen LogP contribution in [0, 0.1) is 5.92 Å². The lowest BCUT2D eigenvalue weighted by molar-refractivity contribution is 0.416. The highest BCUT2D eigenvalue weighted by Gasteiger charge is 2.21. The molecule has 0 amide bonds. The average molecular weight is 326 g/mol. The summed E-state index contributed by atoms with van der Waals surface area (Å²) in [6.07, 6.45) is 5.14. The lowest BCUT2D eigenvalue weighted by Gasteiger charge is -2.27. The minimum atomic E-state index is 0.698. The third-order valence-electron chi connectivity index (χ3n) is 4.12. The SMILES string of the molecule is Brc1ccc2c(c1)CCC(NCC1CCSC1)C2. The van der Waals surface area contributed by atoms with Gasteiger partial charge in [-0.1, -0.05) is 22.0 Å². The lowest BCUT2D eigenvalue weighted by atomic mass is 9.88. The second-order valence-corrected chi connectivity index (χ2v) is 7.56. The summed E-state index contributed by atoms with van der Waals surface area (Å²) in [7, 11) is 0. The summed E-state index contributed by atoms with van der Waals surface area (Å²) in [5.41, 5.74) is 3.08. The third kappa shape index (κ3) is 3.12. The van der Waals surface area contributed by atoms with Crippen LogP contribution in [0.3, 0.4) is 0 Å².